The number of rotatable bonds is 7. The zero-order valence-corrected chi connectivity index (χ0v) is 18.3. The summed E-state index contributed by atoms with van der Waals surface area (Å²) in [7, 11) is 0. The van der Waals surface area contributed by atoms with Crippen molar-refractivity contribution in [1.82, 2.24) is 4.98 Å². The largest absolute Gasteiger partial charge is 0.459 e. The lowest BCUT2D eigenvalue weighted by Crippen LogP contribution is -2.32. The van der Waals surface area contributed by atoms with E-state index in [0.717, 1.165) is 12.1 Å². The summed E-state index contributed by atoms with van der Waals surface area (Å²) in [6.45, 7) is 4.66. The van der Waals surface area contributed by atoms with Gasteiger partial charge in [0, 0.05) is 24.8 Å². The summed E-state index contributed by atoms with van der Waals surface area (Å²) < 4.78 is 16.6. The Morgan fingerprint density at radius 2 is 2.13 bits per heavy atom. The van der Waals surface area contributed by atoms with Crippen LogP contribution in [-0.4, -0.2) is 36.2 Å². The monoisotopic (exact) mass is 450 g/mol. The summed E-state index contributed by atoms with van der Waals surface area (Å²) in [5.41, 5.74) is -0.980. The Hall–Kier alpha value is -2.16. The maximum Gasteiger partial charge on any atom is 0.324 e. The number of thiazole rings is 1. The van der Waals surface area contributed by atoms with Crippen LogP contribution in [0.25, 0.3) is 0 Å². The molecule has 2 aromatic rings. The number of carbonyl (C=O) groups is 2. The van der Waals surface area contributed by atoms with Gasteiger partial charge >= 0.3 is 11.9 Å². The molecule has 1 N–H and O–H groups in total. The maximum absolute atomic E-state index is 12.8. The number of ether oxygens (including phenoxy) is 3. The van der Waals surface area contributed by atoms with E-state index in [9.17, 15) is 9.59 Å². The molecule has 0 bridgehead atoms. The molecule has 1 aromatic heterocycles. The van der Waals surface area contributed by atoms with Gasteiger partial charge in [-0.2, -0.15) is 0 Å². The van der Waals surface area contributed by atoms with Crippen LogP contribution in [-0.2, 0) is 29.4 Å². The fourth-order valence-corrected chi connectivity index (χ4v) is 4.95. The van der Waals surface area contributed by atoms with Crippen LogP contribution in [0.4, 0.5) is 10.8 Å². The van der Waals surface area contributed by atoms with Crippen molar-refractivity contribution in [3.63, 3.8) is 0 Å². The third kappa shape index (κ3) is 3.79. The molecule has 3 atom stereocenters. The van der Waals surface area contributed by atoms with E-state index in [1.807, 2.05) is 30.5 Å². The average molecular weight is 451 g/mol. The topological polar surface area (TPSA) is 86.8 Å². The zero-order chi connectivity index (χ0) is 21.4. The van der Waals surface area contributed by atoms with E-state index in [4.69, 9.17) is 25.8 Å². The van der Waals surface area contributed by atoms with Crippen LogP contribution >= 0.6 is 22.9 Å². The van der Waals surface area contributed by atoms with Crippen molar-refractivity contribution in [1.29, 1.82) is 0 Å². The number of hydrogen-bond donors (Lipinski definition) is 1. The van der Waals surface area contributed by atoms with Crippen LogP contribution in [0.2, 0.25) is 5.02 Å². The molecule has 2 aliphatic heterocycles. The van der Waals surface area contributed by atoms with Crippen LogP contribution in [0, 0.1) is 5.41 Å². The maximum atomic E-state index is 12.8. The summed E-state index contributed by atoms with van der Waals surface area (Å²) in [5, 5.41) is 6.21. The van der Waals surface area contributed by atoms with Gasteiger partial charge < -0.3 is 19.5 Å². The first-order valence-electron chi connectivity index (χ1n) is 9.86. The molecule has 4 rings (SSSR count). The summed E-state index contributed by atoms with van der Waals surface area (Å²) in [6, 6.07) is 7.36. The van der Waals surface area contributed by atoms with E-state index in [0.29, 0.717) is 22.5 Å². The molecule has 3 unspecified atom stereocenters. The Bertz CT molecular complexity index is 966. The van der Waals surface area contributed by atoms with Gasteiger partial charge in [-0.25, -0.2) is 4.98 Å². The standard InChI is InChI=1S/C21H23ClN2O5S/c1-3-8-27-10-13-9-21(17(25)28-13)12-20(2,29-18(21)26)16-11-30-19(24-16)23-15-7-5-4-6-14(15)22/h4-7,11,13H,3,8-10,12H2,1-2H3,(H,23,24). The average Bonchev–Trinajstić information content (AvgIpc) is 3.36. The highest BCUT2D eigenvalue weighted by atomic mass is 35.5. The van der Waals surface area contributed by atoms with Gasteiger partial charge in [0.25, 0.3) is 0 Å². The summed E-state index contributed by atoms with van der Waals surface area (Å²) in [5.74, 6) is -1.09. The van der Waals surface area contributed by atoms with Gasteiger partial charge in [-0.15, -0.1) is 11.3 Å². The van der Waals surface area contributed by atoms with Crippen molar-refractivity contribution in [2.24, 2.45) is 5.41 Å². The van der Waals surface area contributed by atoms with E-state index in [-0.39, 0.29) is 19.4 Å². The molecule has 0 radical (unpaired) electrons. The van der Waals surface area contributed by atoms with E-state index in [1.165, 1.54) is 11.3 Å². The second-order valence-corrected chi connectivity index (χ2v) is 9.09. The number of esters is 2. The number of carbonyl (C=O) groups excluding carboxylic acids is 2. The molecule has 2 aliphatic rings. The van der Waals surface area contributed by atoms with Gasteiger partial charge in [0.2, 0.25) is 0 Å². The first kappa shape index (κ1) is 21.1. The van der Waals surface area contributed by atoms with Gasteiger partial charge in [-0.1, -0.05) is 30.7 Å². The van der Waals surface area contributed by atoms with Gasteiger partial charge in [0.1, 0.15) is 6.10 Å². The zero-order valence-electron chi connectivity index (χ0n) is 16.8. The van der Waals surface area contributed by atoms with Crippen LogP contribution in [0.1, 0.15) is 38.8 Å². The Kier molecular flexibility index (Phi) is 5.74. The van der Waals surface area contributed by atoms with E-state index >= 15 is 0 Å². The molecule has 2 saturated heterocycles. The minimum atomic E-state index is -1.30. The molecule has 3 heterocycles. The number of para-hydroxylation sites is 1. The number of nitrogens with zero attached hydrogens (tertiary/aromatic N) is 1. The quantitative estimate of drug-likeness (QED) is 0.379. The highest BCUT2D eigenvalue weighted by Crippen LogP contribution is 2.52. The molecule has 160 valence electrons. The third-order valence-corrected chi connectivity index (χ3v) is 6.49. The lowest BCUT2D eigenvalue weighted by Gasteiger charge is -2.20. The Morgan fingerprint density at radius 3 is 2.90 bits per heavy atom. The normalized spacial score (nSPS) is 28.0. The van der Waals surface area contributed by atoms with Crippen molar-refractivity contribution < 1.29 is 23.8 Å². The molecule has 0 aliphatic carbocycles. The number of anilines is 2. The first-order valence-corrected chi connectivity index (χ1v) is 11.1. The Labute approximate surface area is 183 Å². The van der Waals surface area contributed by atoms with E-state index in [2.05, 4.69) is 10.3 Å². The Balaban J connectivity index is 1.50. The fourth-order valence-electron chi connectivity index (χ4n) is 3.92. The van der Waals surface area contributed by atoms with Gasteiger partial charge in [0.15, 0.2) is 16.1 Å². The minimum absolute atomic E-state index is 0.192. The first-order chi connectivity index (χ1) is 14.4. The van der Waals surface area contributed by atoms with E-state index < -0.39 is 29.1 Å². The van der Waals surface area contributed by atoms with Crippen molar-refractivity contribution in [3.8, 4) is 0 Å². The number of aromatic nitrogens is 1. The number of benzene rings is 1. The van der Waals surface area contributed by atoms with Crippen LogP contribution < -0.4 is 5.32 Å². The Morgan fingerprint density at radius 1 is 1.33 bits per heavy atom. The fraction of sp³-hybridized carbons (Fsp3) is 0.476. The van der Waals surface area contributed by atoms with Crippen LogP contribution in [0.5, 0.6) is 0 Å². The molecular weight excluding hydrogens is 428 g/mol. The third-order valence-electron chi connectivity index (χ3n) is 5.40. The molecule has 1 spiro atoms. The van der Waals surface area contributed by atoms with Gasteiger partial charge in [-0.05, 0) is 25.5 Å². The van der Waals surface area contributed by atoms with Gasteiger partial charge in [-0.3, -0.25) is 9.59 Å². The highest BCUT2D eigenvalue weighted by molar-refractivity contribution is 7.13. The van der Waals surface area contributed by atoms with Crippen molar-refractivity contribution in [2.75, 3.05) is 18.5 Å². The van der Waals surface area contributed by atoms with Gasteiger partial charge in [0.05, 0.1) is 23.0 Å². The lowest BCUT2D eigenvalue weighted by molar-refractivity contribution is -0.160. The SMILES string of the molecule is CCCOCC1CC2(CC(C)(c3csc(Nc4ccccc4Cl)n3)OC2=O)C(=O)O1. The van der Waals surface area contributed by atoms with Crippen molar-refractivity contribution in [3.05, 3.63) is 40.4 Å². The summed E-state index contributed by atoms with van der Waals surface area (Å²) in [6.07, 6.45) is 0.892. The second kappa shape index (κ2) is 8.17. The molecular formula is C21H23ClN2O5S. The molecule has 0 saturated carbocycles. The predicted molar refractivity (Wildman–Crippen MR) is 113 cm³/mol. The highest BCUT2D eigenvalue weighted by Gasteiger charge is 2.65. The smallest absolute Gasteiger partial charge is 0.324 e. The van der Waals surface area contributed by atoms with Crippen LogP contribution in [0.15, 0.2) is 29.6 Å². The van der Waals surface area contributed by atoms with Crippen molar-refractivity contribution >= 4 is 45.7 Å². The number of hydrogen-bond acceptors (Lipinski definition) is 8. The van der Waals surface area contributed by atoms with E-state index in [1.54, 1.807) is 13.0 Å². The number of cyclic esters (lactones) is 2. The molecule has 2 fully saturated rings. The lowest BCUT2D eigenvalue weighted by atomic mass is 9.78. The molecule has 30 heavy (non-hydrogen) atoms. The van der Waals surface area contributed by atoms with Crippen molar-refractivity contribution in [2.45, 2.75) is 44.8 Å². The molecule has 1 aromatic carbocycles. The second-order valence-electron chi connectivity index (χ2n) is 7.83. The number of nitrogens with one attached hydrogen (secondary N) is 1. The molecule has 0 amide bonds. The number of halogens is 1. The molecule has 9 heteroatoms. The predicted octanol–water partition coefficient (Wildman–Crippen LogP) is 4.43. The minimum Gasteiger partial charge on any atom is -0.459 e. The summed E-state index contributed by atoms with van der Waals surface area (Å²) >= 11 is 7.57. The van der Waals surface area contributed by atoms with Crippen LogP contribution in [0.3, 0.4) is 0 Å². The molecule has 7 nitrogen and oxygen atoms in total. The summed E-state index contributed by atoms with van der Waals surface area (Å²) in [4.78, 5) is 30.0.